The summed E-state index contributed by atoms with van der Waals surface area (Å²) in [5, 5.41) is 1.06. The van der Waals surface area contributed by atoms with Crippen LogP contribution in [0.2, 0.25) is 0 Å². The third-order valence-electron chi connectivity index (χ3n) is 4.93. The van der Waals surface area contributed by atoms with Gasteiger partial charge in [0.15, 0.2) is 5.13 Å². The Morgan fingerprint density at radius 3 is 2.50 bits per heavy atom. The molecular formula is C20H20IN3OS. The van der Waals surface area contributed by atoms with Crippen LogP contribution >= 0.6 is 33.9 Å². The molecule has 1 fully saturated rings. The van der Waals surface area contributed by atoms with E-state index in [1.807, 2.05) is 29.2 Å². The summed E-state index contributed by atoms with van der Waals surface area (Å²) in [6.07, 6.45) is 0. The van der Waals surface area contributed by atoms with Crippen LogP contribution in [-0.4, -0.2) is 42.0 Å². The maximum Gasteiger partial charge on any atom is 0.255 e. The molecular weight excluding hydrogens is 457 g/mol. The maximum atomic E-state index is 12.8. The monoisotopic (exact) mass is 477 g/mol. The molecule has 3 aromatic rings. The number of aromatic nitrogens is 1. The number of carbonyl (C=O) groups is 1. The lowest BCUT2D eigenvalue weighted by Gasteiger charge is -2.34. The number of piperazine rings is 1. The summed E-state index contributed by atoms with van der Waals surface area (Å²) in [5.74, 6) is 0.130. The molecule has 1 aromatic heterocycles. The molecule has 2 aromatic carbocycles. The average molecular weight is 477 g/mol. The van der Waals surface area contributed by atoms with Crippen LogP contribution in [0.5, 0.6) is 0 Å². The van der Waals surface area contributed by atoms with Crippen molar-refractivity contribution in [3.63, 3.8) is 0 Å². The predicted molar refractivity (Wildman–Crippen MR) is 116 cm³/mol. The number of amides is 1. The largest absolute Gasteiger partial charge is 0.345 e. The van der Waals surface area contributed by atoms with Gasteiger partial charge in [0.1, 0.15) is 0 Å². The summed E-state index contributed by atoms with van der Waals surface area (Å²) in [6.45, 7) is 7.39. The minimum Gasteiger partial charge on any atom is -0.345 e. The molecule has 0 spiro atoms. The lowest BCUT2D eigenvalue weighted by Crippen LogP contribution is -2.48. The number of hydrogen-bond acceptors (Lipinski definition) is 4. The van der Waals surface area contributed by atoms with Gasteiger partial charge in [-0.2, -0.15) is 0 Å². The Balaban J connectivity index is 1.48. The van der Waals surface area contributed by atoms with Crippen LogP contribution < -0.4 is 4.90 Å². The maximum absolute atomic E-state index is 12.8. The van der Waals surface area contributed by atoms with Crippen LogP contribution in [-0.2, 0) is 0 Å². The smallest absolute Gasteiger partial charge is 0.255 e. The van der Waals surface area contributed by atoms with Crippen LogP contribution in [0, 0.1) is 17.4 Å². The predicted octanol–water partition coefficient (Wildman–Crippen LogP) is 4.48. The van der Waals surface area contributed by atoms with Gasteiger partial charge in [-0.15, -0.1) is 0 Å². The van der Waals surface area contributed by atoms with Crippen molar-refractivity contribution in [3.05, 3.63) is 56.7 Å². The molecule has 1 aliphatic heterocycles. The van der Waals surface area contributed by atoms with Crippen LogP contribution in [0.3, 0.4) is 0 Å². The van der Waals surface area contributed by atoms with Gasteiger partial charge in [0, 0.05) is 29.7 Å². The molecule has 0 radical (unpaired) electrons. The Kier molecular flexibility index (Phi) is 4.88. The third kappa shape index (κ3) is 3.32. The summed E-state index contributed by atoms with van der Waals surface area (Å²) in [4.78, 5) is 21.8. The minimum atomic E-state index is 0.130. The number of rotatable bonds is 2. The van der Waals surface area contributed by atoms with Crippen molar-refractivity contribution in [1.29, 1.82) is 0 Å². The van der Waals surface area contributed by atoms with Gasteiger partial charge < -0.3 is 9.80 Å². The van der Waals surface area contributed by atoms with Gasteiger partial charge in [-0.1, -0.05) is 23.5 Å². The summed E-state index contributed by atoms with van der Waals surface area (Å²) in [7, 11) is 0. The second-order valence-corrected chi connectivity index (χ2v) is 8.83. The van der Waals surface area contributed by atoms with Crippen molar-refractivity contribution >= 4 is 55.2 Å². The summed E-state index contributed by atoms with van der Waals surface area (Å²) in [5.41, 5.74) is 4.46. The summed E-state index contributed by atoms with van der Waals surface area (Å²) >= 11 is 3.98. The van der Waals surface area contributed by atoms with Crippen molar-refractivity contribution in [3.8, 4) is 0 Å². The van der Waals surface area contributed by atoms with Gasteiger partial charge in [-0.3, -0.25) is 4.79 Å². The normalized spacial score (nSPS) is 14.9. The van der Waals surface area contributed by atoms with Crippen molar-refractivity contribution < 1.29 is 4.79 Å². The van der Waals surface area contributed by atoms with E-state index in [9.17, 15) is 4.79 Å². The summed E-state index contributed by atoms with van der Waals surface area (Å²) in [6, 6.07) is 12.2. The number of fused-ring (bicyclic) bond motifs is 1. The molecule has 4 nitrogen and oxygen atoms in total. The van der Waals surface area contributed by atoms with E-state index < -0.39 is 0 Å². The highest BCUT2D eigenvalue weighted by Crippen LogP contribution is 2.31. The van der Waals surface area contributed by atoms with E-state index in [0.717, 1.165) is 46.0 Å². The number of thiazole rings is 1. The van der Waals surface area contributed by atoms with E-state index in [0.29, 0.717) is 0 Å². The number of benzene rings is 2. The van der Waals surface area contributed by atoms with Crippen molar-refractivity contribution in [2.24, 2.45) is 0 Å². The quantitative estimate of drug-likeness (QED) is 0.511. The molecule has 0 unspecified atom stereocenters. The Hall–Kier alpha value is -1.67. The number of aryl methyl sites for hydroxylation is 2. The molecule has 0 N–H and O–H groups in total. The lowest BCUT2D eigenvalue weighted by atomic mass is 10.1. The number of carbonyl (C=O) groups excluding carboxylic acids is 1. The molecule has 0 bridgehead atoms. The zero-order valence-corrected chi connectivity index (χ0v) is 17.8. The van der Waals surface area contributed by atoms with Gasteiger partial charge in [0.25, 0.3) is 5.91 Å². The van der Waals surface area contributed by atoms with Gasteiger partial charge in [-0.05, 0) is 71.8 Å². The topological polar surface area (TPSA) is 36.4 Å². The number of hydrogen-bond donors (Lipinski definition) is 0. The van der Waals surface area contributed by atoms with Gasteiger partial charge in [0.2, 0.25) is 0 Å². The Bertz CT molecular complexity index is 937. The molecule has 4 rings (SSSR count). The molecule has 1 aliphatic rings. The fourth-order valence-corrected chi connectivity index (χ4v) is 4.92. The van der Waals surface area contributed by atoms with Crippen LogP contribution in [0.25, 0.3) is 10.2 Å². The molecule has 134 valence electrons. The van der Waals surface area contributed by atoms with Crippen molar-refractivity contribution in [2.75, 3.05) is 31.1 Å². The summed E-state index contributed by atoms with van der Waals surface area (Å²) < 4.78 is 2.25. The minimum absolute atomic E-state index is 0.130. The van der Waals surface area contributed by atoms with E-state index in [1.165, 1.54) is 15.8 Å². The number of nitrogens with zero attached hydrogens (tertiary/aromatic N) is 3. The first-order valence-electron chi connectivity index (χ1n) is 8.69. The fraction of sp³-hybridized carbons (Fsp3) is 0.300. The van der Waals surface area contributed by atoms with E-state index in [1.54, 1.807) is 11.3 Å². The second-order valence-electron chi connectivity index (χ2n) is 6.66. The SMILES string of the molecule is Cc1cc2nc(N3CCN(C(=O)c4ccccc4I)CC3)sc2cc1C. The zero-order chi connectivity index (χ0) is 18.3. The fourth-order valence-electron chi connectivity index (χ4n) is 3.21. The average Bonchev–Trinajstić information content (AvgIpc) is 3.05. The van der Waals surface area contributed by atoms with Crippen LogP contribution in [0.4, 0.5) is 5.13 Å². The lowest BCUT2D eigenvalue weighted by molar-refractivity contribution is 0.0745. The highest BCUT2D eigenvalue weighted by atomic mass is 127. The first kappa shape index (κ1) is 17.7. The molecule has 1 amide bonds. The molecule has 26 heavy (non-hydrogen) atoms. The van der Waals surface area contributed by atoms with Crippen LogP contribution in [0.1, 0.15) is 21.5 Å². The second kappa shape index (κ2) is 7.15. The molecule has 0 aliphatic carbocycles. The Labute approximate surface area is 171 Å². The molecule has 1 saturated heterocycles. The van der Waals surface area contributed by atoms with Crippen molar-refractivity contribution in [1.82, 2.24) is 9.88 Å². The van der Waals surface area contributed by atoms with Gasteiger partial charge >= 0.3 is 0 Å². The molecule has 0 saturated carbocycles. The highest BCUT2D eigenvalue weighted by molar-refractivity contribution is 14.1. The first-order chi connectivity index (χ1) is 12.5. The molecule has 0 atom stereocenters. The van der Waals surface area contributed by atoms with E-state index in [4.69, 9.17) is 4.98 Å². The number of halogens is 1. The Morgan fingerprint density at radius 2 is 1.77 bits per heavy atom. The van der Waals surface area contributed by atoms with E-state index >= 15 is 0 Å². The van der Waals surface area contributed by atoms with Gasteiger partial charge in [0.05, 0.1) is 15.8 Å². The highest BCUT2D eigenvalue weighted by Gasteiger charge is 2.24. The standard InChI is InChI=1S/C20H20IN3OS/c1-13-11-17-18(12-14(13)2)26-20(22-17)24-9-7-23(8-10-24)19(25)15-5-3-4-6-16(15)21/h3-6,11-12H,7-10H2,1-2H3. The van der Waals surface area contributed by atoms with Gasteiger partial charge in [-0.25, -0.2) is 4.98 Å². The van der Waals surface area contributed by atoms with E-state index in [-0.39, 0.29) is 5.91 Å². The first-order valence-corrected chi connectivity index (χ1v) is 10.6. The molecule has 6 heteroatoms. The molecule has 2 heterocycles. The van der Waals surface area contributed by atoms with E-state index in [2.05, 4.69) is 53.5 Å². The van der Waals surface area contributed by atoms with Crippen molar-refractivity contribution in [2.45, 2.75) is 13.8 Å². The number of anilines is 1. The van der Waals surface area contributed by atoms with Crippen LogP contribution in [0.15, 0.2) is 36.4 Å². The Morgan fingerprint density at radius 1 is 1.08 bits per heavy atom. The zero-order valence-electron chi connectivity index (χ0n) is 14.8. The third-order valence-corrected chi connectivity index (χ3v) is 6.95.